The van der Waals surface area contributed by atoms with Crippen LogP contribution in [0.1, 0.15) is 35.3 Å². The lowest BCUT2D eigenvalue weighted by atomic mass is 9.87. The molecule has 1 N–H and O–H groups in total. The number of carbonyl (C=O) groups excluding carboxylic acids is 2. The quantitative estimate of drug-likeness (QED) is 0.404. The predicted molar refractivity (Wildman–Crippen MR) is 141 cm³/mol. The molecule has 2 aliphatic rings. The Morgan fingerprint density at radius 3 is 2.26 bits per heavy atom. The Morgan fingerprint density at radius 2 is 1.64 bits per heavy atom. The van der Waals surface area contributed by atoms with E-state index in [9.17, 15) is 19.5 Å². The van der Waals surface area contributed by atoms with Crippen molar-refractivity contribution in [3.8, 4) is 17.2 Å². The third-order valence-corrected chi connectivity index (χ3v) is 6.80. The lowest BCUT2D eigenvalue weighted by Crippen LogP contribution is -2.37. The summed E-state index contributed by atoms with van der Waals surface area (Å²) in [6.45, 7) is 2.55. The Hall–Kier alpha value is -4.57. The number of rotatable bonds is 9. The van der Waals surface area contributed by atoms with E-state index in [1.165, 1.54) is 19.3 Å². The van der Waals surface area contributed by atoms with Crippen LogP contribution in [0.2, 0.25) is 0 Å². The fourth-order valence-electron chi connectivity index (χ4n) is 5.10. The molecule has 202 valence electrons. The number of ether oxygens (including phenoxy) is 3. The van der Waals surface area contributed by atoms with Crippen LogP contribution in [-0.4, -0.2) is 49.8 Å². The van der Waals surface area contributed by atoms with Gasteiger partial charge in [0.25, 0.3) is 5.91 Å². The van der Waals surface area contributed by atoms with Crippen molar-refractivity contribution in [3.05, 3.63) is 77.9 Å². The molecule has 39 heavy (non-hydrogen) atoms. The fourth-order valence-corrected chi connectivity index (χ4v) is 5.10. The van der Waals surface area contributed by atoms with Crippen molar-refractivity contribution in [1.29, 1.82) is 0 Å². The highest BCUT2D eigenvalue weighted by atomic mass is 16.7. The Labute approximate surface area is 225 Å². The summed E-state index contributed by atoms with van der Waals surface area (Å²) in [7, 11) is 2.75. The van der Waals surface area contributed by atoms with E-state index in [1.54, 1.807) is 60.7 Å². The number of para-hydroxylation sites is 1. The van der Waals surface area contributed by atoms with E-state index in [4.69, 9.17) is 19.0 Å². The van der Waals surface area contributed by atoms with Crippen LogP contribution >= 0.6 is 0 Å². The van der Waals surface area contributed by atoms with Gasteiger partial charge in [0.15, 0.2) is 17.6 Å². The number of amides is 2. The van der Waals surface area contributed by atoms with Crippen molar-refractivity contribution >= 4 is 29.2 Å². The molecule has 0 bridgehead atoms. The molecule has 5 rings (SSSR count). The molecule has 10 heteroatoms. The summed E-state index contributed by atoms with van der Waals surface area (Å²) in [5, 5.41) is 11.7. The lowest BCUT2D eigenvalue weighted by molar-refractivity contribution is -0.126. The number of nitrogens with zero attached hydrogens (tertiary/aromatic N) is 2. The Balaban J connectivity index is 1.61. The number of benzene rings is 3. The van der Waals surface area contributed by atoms with Gasteiger partial charge in [0, 0.05) is 0 Å². The summed E-state index contributed by atoms with van der Waals surface area (Å²) in [6, 6.07) is 17.8. The number of hydrogen-bond donors (Lipinski definition) is 1. The van der Waals surface area contributed by atoms with Gasteiger partial charge in [0.1, 0.15) is 17.2 Å². The zero-order chi connectivity index (χ0) is 27.7. The maximum absolute atomic E-state index is 13.9. The highest BCUT2D eigenvalue weighted by molar-refractivity contribution is 6.24. The molecule has 2 fully saturated rings. The standard InChI is InChI=1S/C29H28N2O8/c1-4-16-38-19-12-10-17(11-13-19)30-27(32)23-24(20-14-15-21(36-2)25(37-3)22(20)29(34)35)31(39-26(23)28(30)33)18-8-6-5-7-9-18/h5-15,23-24,26H,4,16H2,1-3H3,(H,34,35). The number of aromatic carboxylic acids is 1. The molecule has 10 nitrogen and oxygen atoms in total. The number of anilines is 2. The second-order valence-electron chi connectivity index (χ2n) is 9.08. The van der Waals surface area contributed by atoms with E-state index in [-0.39, 0.29) is 22.6 Å². The van der Waals surface area contributed by atoms with Gasteiger partial charge in [0.2, 0.25) is 5.91 Å². The molecule has 3 aromatic carbocycles. The predicted octanol–water partition coefficient (Wildman–Crippen LogP) is 4.24. The number of hydroxylamine groups is 1. The summed E-state index contributed by atoms with van der Waals surface area (Å²) in [5.74, 6) is -2.47. The third-order valence-electron chi connectivity index (χ3n) is 6.80. The maximum Gasteiger partial charge on any atom is 0.339 e. The molecular weight excluding hydrogens is 504 g/mol. The summed E-state index contributed by atoms with van der Waals surface area (Å²) < 4.78 is 16.4. The van der Waals surface area contributed by atoms with Crippen LogP contribution in [0.5, 0.6) is 17.2 Å². The molecule has 0 aromatic heterocycles. The topological polar surface area (TPSA) is 115 Å². The zero-order valence-corrected chi connectivity index (χ0v) is 21.7. The first-order chi connectivity index (χ1) is 18.9. The molecule has 0 saturated carbocycles. The number of imide groups is 1. The van der Waals surface area contributed by atoms with Crippen molar-refractivity contribution in [1.82, 2.24) is 0 Å². The van der Waals surface area contributed by atoms with Crippen LogP contribution in [0.4, 0.5) is 11.4 Å². The van der Waals surface area contributed by atoms with Crippen LogP contribution < -0.4 is 24.2 Å². The van der Waals surface area contributed by atoms with E-state index in [2.05, 4.69) is 0 Å². The number of hydrogen-bond acceptors (Lipinski definition) is 8. The molecule has 0 aliphatic carbocycles. The van der Waals surface area contributed by atoms with E-state index in [0.29, 0.717) is 23.7 Å². The molecule has 0 radical (unpaired) electrons. The first-order valence-electron chi connectivity index (χ1n) is 12.5. The van der Waals surface area contributed by atoms with E-state index in [1.807, 2.05) is 13.0 Å². The van der Waals surface area contributed by atoms with Crippen molar-refractivity contribution < 1.29 is 38.5 Å². The third kappa shape index (κ3) is 4.42. The molecule has 2 saturated heterocycles. The zero-order valence-electron chi connectivity index (χ0n) is 21.7. The van der Waals surface area contributed by atoms with Crippen molar-refractivity contribution in [3.63, 3.8) is 0 Å². The minimum absolute atomic E-state index is 0.00950. The SMILES string of the molecule is CCCOc1ccc(N2C(=O)C3ON(c4ccccc4)C(c4ccc(OC)c(OC)c4C(=O)O)C3C2=O)cc1. The molecule has 0 spiro atoms. The number of carbonyl (C=O) groups is 3. The summed E-state index contributed by atoms with van der Waals surface area (Å²) in [6.07, 6.45) is -0.312. The highest BCUT2D eigenvalue weighted by Gasteiger charge is 2.61. The fraction of sp³-hybridized carbons (Fsp3) is 0.276. The van der Waals surface area contributed by atoms with Gasteiger partial charge in [-0.15, -0.1) is 0 Å². The number of carboxylic acid groups (broad SMARTS) is 1. The van der Waals surface area contributed by atoms with Gasteiger partial charge in [-0.2, -0.15) is 0 Å². The lowest BCUT2D eigenvalue weighted by Gasteiger charge is -2.30. The Kier molecular flexibility index (Phi) is 7.12. The second-order valence-corrected chi connectivity index (χ2v) is 9.08. The molecular formula is C29H28N2O8. The average Bonchev–Trinajstić information content (AvgIpc) is 3.47. The average molecular weight is 533 g/mol. The number of fused-ring (bicyclic) bond motifs is 1. The maximum atomic E-state index is 13.9. The van der Waals surface area contributed by atoms with Gasteiger partial charge >= 0.3 is 5.97 Å². The van der Waals surface area contributed by atoms with Crippen molar-refractivity contribution in [2.24, 2.45) is 5.92 Å². The summed E-state index contributed by atoms with van der Waals surface area (Å²) in [5.41, 5.74) is 1.02. The van der Waals surface area contributed by atoms with Gasteiger partial charge in [0.05, 0.1) is 38.2 Å². The van der Waals surface area contributed by atoms with Crippen molar-refractivity contribution in [2.75, 3.05) is 30.8 Å². The Bertz CT molecular complexity index is 1390. The first-order valence-corrected chi connectivity index (χ1v) is 12.5. The van der Waals surface area contributed by atoms with Gasteiger partial charge in [-0.25, -0.2) is 14.8 Å². The summed E-state index contributed by atoms with van der Waals surface area (Å²) >= 11 is 0. The van der Waals surface area contributed by atoms with Crippen LogP contribution in [0.15, 0.2) is 66.7 Å². The molecule has 2 heterocycles. The molecule has 3 aromatic rings. The van der Waals surface area contributed by atoms with E-state index >= 15 is 0 Å². The van der Waals surface area contributed by atoms with Gasteiger partial charge in [-0.1, -0.05) is 31.2 Å². The van der Waals surface area contributed by atoms with Gasteiger partial charge in [-0.3, -0.25) is 14.4 Å². The largest absolute Gasteiger partial charge is 0.494 e. The van der Waals surface area contributed by atoms with Crippen LogP contribution in [0.25, 0.3) is 0 Å². The van der Waals surface area contributed by atoms with Crippen LogP contribution in [-0.2, 0) is 14.4 Å². The van der Waals surface area contributed by atoms with Gasteiger partial charge < -0.3 is 19.3 Å². The van der Waals surface area contributed by atoms with Crippen molar-refractivity contribution in [2.45, 2.75) is 25.5 Å². The monoisotopic (exact) mass is 532 g/mol. The van der Waals surface area contributed by atoms with E-state index < -0.39 is 35.8 Å². The van der Waals surface area contributed by atoms with Crippen LogP contribution in [0.3, 0.4) is 0 Å². The smallest absolute Gasteiger partial charge is 0.339 e. The number of methoxy groups -OCH3 is 2. The summed E-state index contributed by atoms with van der Waals surface area (Å²) in [4.78, 5) is 47.3. The molecule has 3 atom stereocenters. The van der Waals surface area contributed by atoms with Gasteiger partial charge in [-0.05, 0) is 54.4 Å². The molecule has 2 amide bonds. The van der Waals surface area contributed by atoms with Crippen LogP contribution in [0, 0.1) is 5.92 Å². The molecule has 2 aliphatic heterocycles. The van der Waals surface area contributed by atoms with E-state index in [0.717, 1.165) is 11.3 Å². The minimum Gasteiger partial charge on any atom is -0.494 e. The molecule has 3 unspecified atom stereocenters. The Morgan fingerprint density at radius 1 is 0.923 bits per heavy atom. The number of carboxylic acids is 1. The minimum atomic E-state index is -1.27. The first kappa shape index (κ1) is 26.1. The highest BCUT2D eigenvalue weighted by Crippen LogP contribution is 2.50. The normalized spacial score (nSPS) is 20.2. The second kappa shape index (κ2) is 10.7.